The SMILES string of the molecule is CCCCCOC(C)NC(=O)CC. The topological polar surface area (TPSA) is 38.3 Å². The Balaban J connectivity index is 3.29. The zero-order valence-corrected chi connectivity index (χ0v) is 8.93. The van der Waals surface area contributed by atoms with E-state index < -0.39 is 0 Å². The van der Waals surface area contributed by atoms with Crippen molar-refractivity contribution in [2.45, 2.75) is 52.7 Å². The van der Waals surface area contributed by atoms with E-state index in [0.29, 0.717) is 6.42 Å². The number of ether oxygens (including phenoxy) is 1. The quantitative estimate of drug-likeness (QED) is 0.489. The van der Waals surface area contributed by atoms with Crippen LogP contribution in [0.25, 0.3) is 0 Å². The summed E-state index contributed by atoms with van der Waals surface area (Å²) in [6.45, 7) is 6.58. The third-order valence-electron chi connectivity index (χ3n) is 1.80. The zero-order valence-electron chi connectivity index (χ0n) is 8.93. The third-order valence-corrected chi connectivity index (χ3v) is 1.80. The number of nitrogens with one attached hydrogen (secondary N) is 1. The predicted octanol–water partition coefficient (Wildman–Crippen LogP) is 2.07. The van der Waals surface area contributed by atoms with Gasteiger partial charge in [-0.05, 0) is 13.3 Å². The van der Waals surface area contributed by atoms with E-state index in [0.717, 1.165) is 13.0 Å². The third kappa shape index (κ3) is 7.78. The molecule has 0 aliphatic heterocycles. The van der Waals surface area contributed by atoms with Gasteiger partial charge in [-0.1, -0.05) is 26.7 Å². The molecule has 0 saturated carbocycles. The molecule has 0 aliphatic carbocycles. The molecule has 0 heterocycles. The molecule has 3 nitrogen and oxygen atoms in total. The van der Waals surface area contributed by atoms with E-state index in [-0.39, 0.29) is 12.1 Å². The van der Waals surface area contributed by atoms with Gasteiger partial charge in [-0.2, -0.15) is 0 Å². The minimum absolute atomic E-state index is 0.0444. The fourth-order valence-electron chi connectivity index (χ4n) is 0.983. The molecule has 0 rings (SSSR count). The molecule has 0 aromatic heterocycles. The van der Waals surface area contributed by atoms with Crippen molar-refractivity contribution in [1.82, 2.24) is 5.32 Å². The fourth-order valence-corrected chi connectivity index (χ4v) is 0.983. The lowest BCUT2D eigenvalue weighted by Gasteiger charge is -2.13. The molecule has 0 radical (unpaired) electrons. The Morgan fingerprint density at radius 3 is 2.62 bits per heavy atom. The zero-order chi connectivity index (χ0) is 10.1. The number of hydrogen-bond acceptors (Lipinski definition) is 2. The molecule has 1 atom stereocenters. The molecule has 3 heteroatoms. The molecular formula is C10H21NO2. The Bertz CT molecular complexity index is 137. The van der Waals surface area contributed by atoms with Crippen molar-refractivity contribution in [3.63, 3.8) is 0 Å². The van der Waals surface area contributed by atoms with Gasteiger partial charge in [0.05, 0.1) is 0 Å². The number of amides is 1. The van der Waals surface area contributed by atoms with Crippen molar-refractivity contribution in [3.05, 3.63) is 0 Å². The van der Waals surface area contributed by atoms with Gasteiger partial charge in [0.25, 0.3) is 0 Å². The van der Waals surface area contributed by atoms with Gasteiger partial charge in [0.15, 0.2) is 0 Å². The van der Waals surface area contributed by atoms with Crippen LogP contribution in [0, 0.1) is 0 Å². The normalized spacial score (nSPS) is 12.5. The number of carbonyl (C=O) groups excluding carboxylic acids is 1. The lowest BCUT2D eigenvalue weighted by Crippen LogP contribution is -2.34. The average molecular weight is 187 g/mol. The summed E-state index contributed by atoms with van der Waals surface area (Å²) in [5.41, 5.74) is 0. The minimum atomic E-state index is -0.149. The summed E-state index contributed by atoms with van der Waals surface area (Å²) >= 11 is 0. The highest BCUT2D eigenvalue weighted by Gasteiger charge is 2.03. The van der Waals surface area contributed by atoms with Crippen LogP contribution in [0.4, 0.5) is 0 Å². The second-order valence-corrected chi connectivity index (χ2v) is 3.14. The van der Waals surface area contributed by atoms with E-state index in [1.807, 2.05) is 13.8 Å². The van der Waals surface area contributed by atoms with Crippen LogP contribution in [0.2, 0.25) is 0 Å². The molecule has 0 spiro atoms. The van der Waals surface area contributed by atoms with E-state index in [2.05, 4.69) is 12.2 Å². The summed E-state index contributed by atoms with van der Waals surface area (Å²) < 4.78 is 5.38. The van der Waals surface area contributed by atoms with E-state index in [4.69, 9.17) is 4.74 Å². The van der Waals surface area contributed by atoms with Gasteiger partial charge in [-0.3, -0.25) is 4.79 Å². The van der Waals surface area contributed by atoms with Crippen LogP contribution in [0.3, 0.4) is 0 Å². The molecule has 1 amide bonds. The monoisotopic (exact) mass is 187 g/mol. The predicted molar refractivity (Wildman–Crippen MR) is 53.4 cm³/mol. The molecule has 0 aliphatic rings. The van der Waals surface area contributed by atoms with Gasteiger partial charge in [-0.15, -0.1) is 0 Å². The summed E-state index contributed by atoms with van der Waals surface area (Å²) in [4.78, 5) is 10.9. The highest BCUT2D eigenvalue weighted by atomic mass is 16.5. The van der Waals surface area contributed by atoms with Gasteiger partial charge in [0.2, 0.25) is 5.91 Å². The van der Waals surface area contributed by atoms with Crippen molar-refractivity contribution in [2.24, 2.45) is 0 Å². The number of unbranched alkanes of at least 4 members (excludes halogenated alkanes) is 2. The molecule has 0 fully saturated rings. The summed E-state index contributed by atoms with van der Waals surface area (Å²) in [6.07, 6.45) is 3.82. The Kier molecular flexibility index (Phi) is 7.69. The lowest BCUT2D eigenvalue weighted by molar-refractivity contribution is -0.124. The Hall–Kier alpha value is -0.570. The fraction of sp³-hybridized carbons (Fsp3) is 0.900. The van der Waals surface area contributed by atoms with E-state index in [1.54, 1.807) is 0 Å². The van der Waals surface area contributed by atoms with Gasteiger partial charge >= 0.3 is 0 Å². The molecule has 1 N–H and O–H groups in total. The smallest absolute Gasteiger partial charge is 0.221 e. The van der Waals surface area contributed by atoms with Crippen LogP contribution in [0.5, 0.6) is 0 Å². The molecule has 1 unspecified atom stereocenters. The maximum atomic E-state index is 10.9. The molecule has 0 aromatic carbocycles. The van der Waals surface area contributed by atoms with E-state index in [1.165, 1.54) is 12.8 Å². The highest BCUT2D eigenvalue weighted by Crippen LogP contribution is 1.96. The Labute approximate surface area is 80.8 Å². The van der Waals surface area contributed by atoms with Crippen LogP contribution in [0.1, 0.15) is 46.5 Å². The number of hydrogen-bond donors (Lipinski definition) is 1. The second kappa shape index (κ2) is 8.05. The first kappa shape index (κ1) is 12.4. The maximum absolute atomic E-state index is 10.9. The van der Waals surface area contributed by atoms with Crippen LogP contribution in [0.15, 0.2) is 0 Å². The van der Waals surface area contributed by atoms with Crippen LogP contribution in [-0.2, 0) is 9.53 Å². The highest BCUT2D eigenvalue weighted by molar-refractivity contribution is 5.75. The summed E-state index contributed by atoms with van der Waals surface area (Å²) in [5.74, 6) is 0.0444. The van der Waals surface area contributed by atoms with Gasteiger partial charge in [0, 0.05) is 13.0 Å². The summed E-state index contributed by atoms with van der Waals surface area (Å²) in [6, 6.07) is 0. The number of rotatable bonds is 7. The standard InChI is InChI=1S/C10H21NO2/c1-4-6-7-8-13-9(3)11-10(12)5-2/h9H,4-8H2,1-3H3,(H,11,12). The van der Waals surface area contributed by atoms with Crippen molar-refractivity contribution in [1.29, 1.82) is 0 Å². The molecule has 0 aromatic rings. The van der Waals surface area contributed by atoms with Crippen molar-refractivity contribution in [3.8, 4) is 0 Å². The molecule has 13 heavy (non-hydrogen) atoms. The van der Waals surface area contributed by atoms with E-state index in [9.17, 15) is 4.79 Å². The van der Waals surface area contributed by atoms with Crippen molar-refractivity contribution >= 4 is 5.91 Å². The number of carbonyl (C=O) groups is 1. The average Bonchev–Trinajstić information content (AvgIpc) is 2.12. The Morgan fingerprint density at radius 1 is 1.38 bits per heavy atom. The van der Waals surface area contributed by atoms with E-state index >= 15 is 0 Å². The Morgan fingerprint density at radius 2 is 2.08 bits per heavy atom. The van der Waals surface area contributed by atoms with Crippen molar-refractivity contribution < 1.29 is 9.53 Å². The second-order valence-electron chi connectivity index (χ2n) is 3.14. The van der Waals surface area contributed by atoms with Gasteiger partial charge < -0.3 is 10.1 Å². The van der Waals surface area contributed by atoms with Crippen LogP contribution < -0.4 is 5.32 Å². The first-order chi connectivity index (χ1) is 6.20. The molecule has 0 bridgehead atoms. The lowest BCUT2D eigenvalue weighted by atomic mass is 10.3. The largest absolute Gasteiger partial charge is 0.359 e. The van der Waals surface area contributed by atoms with Gasteiger partial charge in [-0.25, -0.2) is 0 Å². The molecular weight excluding hydrogens is 166 g/mol. The van der Waals surface area contributed by atoms with Crippen molar-refractivity contribution in [2.75, 3.05) is 6.61 Å². The first-order valence-corrected chi connectivity index (χ1v) is 5.11. The summed E-state index contributed by atoms with van der Waals surface area (Å²) in [7, 11) is 0. The van der Waals surface area contributed by atoms with Crippen LogP contribution in [-0.4, -0.2) is 18.7 Å². The molecule has 0 saturated heterocycles. The van der Waals surface area contributed by atoms with Crippen LogP contribution >= 0.6 is 0 Å². The maximum Gasteiger partial charge on any atom is 0.221 e. The molecule has 78 valence electrons. The van der Waals surface area contributed by atoms with Gasteiger partial charge in [0.1, 0.15) is 6.23 Å². The first-order valence-electron chi connectivity index (χ1n) is 5.11. The summed E-state index contributed by atoms with van der Waals surface area (Å²) in [5, 5.41) is 2.75. The minimum Gasteiger partial charge on any atom is -0.359 e.